The maximum absolute atomic E-state index is 9.76. The van der Waals surface area contributed by atoms with Gasteiger partial charge in [-0.25, -0.2) is 0 Å². The van der Waals surface area contributed by atoms with E-state index in [4.69, 9.17) is 25.5 Å². The fraction of sp³-hybridized carbons (Fsp3) is 0.786. The van der Waals surface area contributed by atoms with Crippen molar-refractivity contribution in [2.45, 2.75) is 55.8 Å². The van der Waals surface area contributed by atoms with Gasteiger partial charge in [0.15, 0.2) is 0 Å². The Kier molecular flexibility index (Phi) is 30.0. The highest BCUT2D eigenvalue weighted by atomic mass is 32.1. The summed E-state index contributed by atoms with van der Waals surface area (Å²) in [5, 5.41) is 39.3. The van der Waals surface area contributed by atoms with Gasteiger partial charge in [0.2, 0.25) is 0 Å². The Bertz CT molecular complexity index is 286. The summed E-state index contributed by atoms with van der Waals surface area (Å²) in [4.78, 5) is 29.3. The molecule has 0 aliphatic carbocycles. The molecule has 0 aromatic rings. The van der Waals surface area contributed by atoms with Crippen molar-refractivity contribution in [2.24, 2.45) is 0 Å². The molecule has 152 valence electrons. The fourth-order valence-electron chi connectivity index (χ4n) is 0.758. The Balaban J connectivity index is -0.000000120. The number of aliphatic carboxylic acids is 3. The smallest absolute Gasteiger partial charge is 0.304 e. The summed E-state index contributed by atoms with van der Waals surface area (Å²) in [6, 6.07) is 0. The third kappa shape index (κ3) is 69.7. The lowest BCUT2D eigenvalue weighted by atomic mass is 10.3. The van der Waals surface area contributed by atoms with Crippen LogP contribution in [0.25, 0.3) is 0 Å². The number of carboxylic acid groups (broad SMARTS) is 3. The Labute approximate surface area is 164 Å². The first-order valence-corrected chi connectivity index (χ1v) is 8.76. The van der Waals surface area contributed by atoms with E-state index in [0.717, 1.165) is 0 Å². The predicted octanol–water partition coefficient (Wildman–Crippen LogP) is 1.31. The van der Waals surface area contributed by atoms with Crippen LogP contribution in [-0.2, 0) is 14.4 Å². The molecule has 5 N–H and O–H groups in total. The molecule has 0 aromatic heterocycles. The summed E-state index contributed by atoms with van der Waals surface area (Å²) in [5.41, 5.74) is 0. The van der Waals surface area contributed by atoms with Gasteiger partial charge in [0.25, 0.3) is 0 Å². The molecular weight excluding hydrogens is 392 g/mol. The second-order valence-corrected chi connectivity index (χ2v) is 7.43. The summed E-state index contributed by atoms with van der Waals surface area (Å²) in [6.45, 7) is 4.99. The normalized spacial score (nSPS) is 12.5. The highest BCUT2D eigenvalue weighted by Crippen LogP contribution is 1.97. The van der Waals surface area contributed by atoms with E-state index in [-0.39, 0.29) is 48.2 Å². The van der Waals surface area contributed by atoms with E-state index < -0.39 is 17.9 Å². The third-order valence-electron chi connectivity index (χ3n) is 1.51. The maximum atomic E-state index is 9.76. The van der Waals surface area contributed by atoms with Crippen LogP contribution >= 0.6 is 37.9 Å². The maximum Gasteiger partial charge on any atom is 0.304 e. The molecule has 0 saturated heterocycles. The number of aliphatic hydroxyl groups excluding tert-OH is 2. The van der Waals surface area contributed by atoms with E-state index in [0.29, 0.717) is 0 Å². The largest absolute Gasteiger partial charge is 0.481 e. The van der Waals surface area contributed by atoms with E-state index in [1.165, 1.54) is 0 Å². The van der Waals surface area contributed by atoms with E-state index in [2.05, 4.69) is 37.9 Å². The topological polar surface area (TPSA) is 152 Å². The zero-order chi connectivity index (χ0) is 21.0. The van der Waals surface area contributed by atoms with Crippen LogP contribution < -0.4 is 0 Å². The van der Waals surface area contributed by atoms with Crippen molar-refractivity contribution in [3.8, 4) is 0 Å². The second-order valence-electron chi connectivity index (χ2n) is 4.79. The molecule has 3 atom stereocenters. The minimum atomic E-state index is -0.789. The standard InChI is InChI=1S/3C4H8O2S.C2H6O2/c3*1-3(7)2-4(5)6;3-1-2-4/h3*3,7H,2H2,1H3,(H,5,6);3-4H,1-2H2. The molecule has 0 spiro atoms. The third-order valence-corrected chi connectivity index (χ3v) is 2.06. The van der Waals surface area contributed by atoms with Crippen LogP contribution in [0.15, 0.2) is 0 Å². The number of hydrogen-bond donors (Lipinski definition) is 8. The lowest BCUT2D eigenvalue weighted by molar-refractivity contribution is -0.137. The van der Waals surface area contributed by atoms with Crippen molar-refractivity contribution in [3.05, 3.63) is 0 Å². The minimum absolute atomic E-state index is 0.0301. The molecular formula is C14H30O8S3. The lowest BCUT2D eigenvalue weighted by Gasteiger charge is -1.93. The van der Waals surface area contributed by atoms with Gasteiger partial charge in [-0.05, 0) is 0 Å². The zero-order valence-electron chi connectivity index (χ0n) is 14.6. The number of hydrogen-bond acceptors (Lipinski definition) is 8. The van der Waals surface area contributed by atoms with Gasteiger partial charge < -0.3 is 25.5 Å². The molecule has 25 heavy (non-hydrogen) atoms. The Hall–Kier alpha value is -0.620. The SMILES string of the molecule is CC(S)CC(=O)O.CC(S)CC(=O)O.CC(S)CC(=O)O.OCCO. The summed E-state index contributed by atoms with van der Waals surface area (Å²) < 4.78 is 0. The van der Waals surface area contributed by atoms with Gasteiger partial charge in [-0.3, -0.25) is 14.4 Å². The highest BCUT2D eigenvalue weighted by molar-refractivity contribution is 7.81. The first kappa shape index (κ1) is 32.1. The fourth-order valence-corrected chi connectivity index (χ4v) is 1.23. The number of carbonyl (C=O) groups is 3. The molecule has 0 heterocycles. The summed E-state index contributed by atoms with van der Waals surface area (Å²) in [7, 11) is 0. The highest BCUT2D eigenvalue weighted by Gasteiger charge is 2.00. The van der Waals surface area contributed by atoms with E-state index in [9.17, 15) is 14.4 Å². The second kappa shape index (κ2) is 23.4. The van der Waals surface area contributed by atoms with Crippen LogP contribution in [-0.4, -0.2) is 72.4 Å². The van der Waals surface area contributed by atoms with Crippen LogP contribution in [0.1, 0.15) is 40.0 Å². The summed E-state index contributed by atoms with van der Waals surface area (Å²) in [6.07, 6.45) is 0.426. The molecule has 0 radical (unpaired) electrons. The summed E-state index contributed by atoms with van der Waals surface area (Å²) in [5.74, 6) is -2.37. The minimum Gasteiger partial charge on any atom is -0.481 e. The molecule has 0 saturated carbocycles. The van der Waals surface area contributed by atoms with Gasteiger partial charge >= 0.3 is 17.9 Å². The summed E-state index contributed by atoms with van der Waals surface area (Å²) >= 11 is 11.6. The van der Waals surface area contributed by atoms with Crippen molar-refractivity contribution in [3.63, 3.8) is 0 Å². The molecule has 8 nitrogen and oxygen atoms in total. The van der Waals surface area contributed by atoms with Gasteiger partial charge in [-0.1, -0.05) is 20.8 Å². The van der Waals surface area contributed by atoms with Gasteiger partial charge in [0.1, 0.15) is 0 Å². The number of carboxylic acids is 3. The Morgan fingerprint density at radius 2 is 0.800 bits per heavy atom. The average Bonchev–Trinajstić information content (AvgIpc) is 2.35. The molecule has 0 aliphatic rings. The molecule has 0 aliphatic heterocycles. The first-order chi connectivity index (χ1) is 11.3. The van der Waals surface area contributed by atoms with E-state index >= 15 is 0 Å². The first-order valence-electron chi connectivity index (χ1n) is 7.21. The van der Waals surface area contributed by atoms with Gasteiger partial charge in [0, 0.05) is 15.7 Å². The van der Waals surface area contributed by atoms with E-state index in [1.807, 2.05) is 0 Å². The van der Waals surface area contributed by atoms with Crippen molar-refractivity contribution in [1.82, 2.24) is 0 Å². The average molecular weight is 423 g/mol. The quantitative estimate of drug-likeness (QED) is 0.286. The van der Waals surface area contributed by atoms with Crippen LogP contribution in [0.2, 0.25) is 0 Å². The zero-order valence-corrected chi connectivity index (χ0v) is 17.3. The van der Waals surface area contributed by atoms with Crippen LogP contribution in [0.5, 0.6) is 0 Å². The molecule has 0 aromatic carbocycles. The van der Waals surface area contributed by atoms with Gasteiger partial charge in [-0.15, -0.1) is 0 Å². The van der Waals surface area contributed by atoms with Crippen molar-refractivity contribution < 1.29 is 39.9 Å². The number of aliphatic hydroxyl groups is 2. The van der Waals surface area contributed by atoms with Crippen LogP contribution in [0, 0.1) is 0 Å². The predicted molar refractivity (Wildman–Crippen MR) is 106 cm³/mol. The lowest BCUT2D eigenvalue weighted by Crippen LogP contribution is -2.01. The molecule has 0 rings (SSSR count). The monoisotopic (exact) mass is 422 g/mol. The molecule has 0 fully saturated rings. The van der Waals surface area contributed by atoms with Crippen molar-refractivity contribution in [2.75, 3.05) is 13.2 Å². The molecule has 0 bridgehead atoms. The molecule has 11 heteroatoms. The Morgan fingerprint density at radius 1 is 0.640 bits per heavy atom. The molecule has 0 amide bonds. The number of rotatable bonds is 7. The van der Waals surface area contributed by atoms with Gasteiger partial charge in [0.05, 0.1) is 32.5 Å². The van der Waals surface area contributed by atoms with E-state index in [1.54, 1.807) is 20.8 Å². The van der Waals surface area contributed by atoms with Crippen molar-refractivity contribution in [1.29, 1.82) is 0 Å². The van der Waals surface area contributed by atoms with Crippen LogP contribution in [0.4, 0.5) is 0 Å². The van der Waals surface area contributed by atoms with Gasteiger partial charge in [-0.2, -0.15) is 37.9 Å². The molecule has 3 unspecified atom stereocenters. The van der Waals surface area contributed by atoms with Crippen LogP contribution in [0.3, 0.4) is 0 Å². The van der Waals surface area contributed by atoms with Crippen molar-refractivity contribution >= 4 is 55.8 Å². The Morgan fingerprint density at radius 3 is 0.800 bits per heavy atom. The number of thiol groups is 3.